The molecule has 0 bridgehead atoms. The first-order chi connectivity index (χ1) is 7.36. The van der Waals surface area contributed by atoms with Gasteiger partial charge in [-0.15, -0.1) is 0 Å². The van der Waals surface area contributed by atoms with E-state index in [2.05, 4.69) is 23.3 Å². The van der Waals surface area contributed by atoms with Crippen molar-refractivity contribution in [1.29, 1.82) is 0 Å². The zero-order valence-corrected chi connectivity index (χ0v) is 9.15. The minimum absolute atomic E-state index is 0.355. The lowest BCUT2D eigenvalue weighted by atomic mass is 10.1. The van der Waals surface area contributed by atoms with Crippen molar-refractivity contribution in [1.82, 2.24) is 10.3 Å². The fourth-order valence-corrected chi connectivity index (χ4v) is 1.93. The molecule has 0 aromatic carbocycles. The summed E-state index contributed by atoms with van der Waals surface area (Å²) in [5, 5.41) is 3.51. The number of rotatable bonds is 4. The lowest BCUT2D eigenvalue weighted by Gasteiger charge is -2.15. The van der Waals surface area contributed by atoms with Gasteiger partial charge in [-0.05, 0) is 25.5 Å². The molecule has 1 fully saturated rings. The van der Waals surface area contributed by atoms with Crippen molar-refractivity contribution >= 4 is 0 Å². The molecule has 82 valence electrons. The Kier molecular flexibility index (Phi) is 3.69. The highest BCUT2D eigenvalue weighted by molar-refractivity contribution is 5.03. The second-order valence-corrected chi connectivity index (χ2v) is 4.00. The van der Waals surface area contributed by atoms with E-state index >= 15 is 0 Å². The summed E-state index contributed by atoms with van der Waals surface area (Å²) in [5.74, 6) is 0. The van der Waals surface area contributed by atoms with Gasteiger partial charge in [-0.1, -0.05) is 6.07 Å². The molecule has 2 atom stereocenters. The Morgan fingerprint density at radius 2 is 2.47 bits per heavy atom. The third kappa shape index (κ3) is 3.01. The van der Waals surface area contributed by atoms with E-state index in [1.54, 1.807) is 0 Å². The van der Waals surface area contributed by atoms with Crippen LogP contribution in [0.1, 0.15) is 19.0 Å². The first-order valence-electron chi connectivity index (χ1n) is 5.61. The lowest BCUT2D eigenvalue weighted by molar-refractivity contribution is 0.113. The standard InChI is InChI=1S/C12H18N2O/c1-10-12(6-9-15-10)14-8-5-11-4-2-3-7-13-11/h2-4,7,10,12,14H,5-6,8-9H2,1H3. The molecule has 0 radical (unpaired) electrons. The molecule has 3 nitrogen and oxygen atoms in total. The van der Waals surface area contributed by atoms with Gasteiger partial charge in [0.25, 0.3) is 0 Å². The Balaban J connectivity index is 1.71. The van der Waals surface area contributed by atoms with Crippen molar-refractivity contribution in [3.05, 3.63) is 30.1 Å². The molecule has 3 heteroatoms. The molecular formula is C12H18N2O. The quantitative estimate of drug-likeness (QED) is 0.808. The van der Waals surface area contributed by atoms with Crippen LogP contribution >= 0.6 is 0 Å². The third-order valence-corrected chi connectivity index (χ3v) is 2.89. The second-order valence-electron chi connectivity index (χ2n) is 4.00. The summed E-state index contributed by atoms with van der Waals surface area (Å²) in [6.07, 6.45) is 4.32. The average Bonchev–Trinajstić information content (AvgIpc) is 2.66. The predicted octanol–water partition coefficient (Wildman–Crippen LogP) is 1.39. The van der Waals surface area contributed by atoms with Crippen molar-refractivity contribution < 1.29 is 4.74 Å². The number of hydrogen-bond acceptors (Lipinski definition) is 3. The maximum Gasteiger partial charge on any atom is 0.0700 e. The molecule has 1 aromatic heterocycles. The molecule has 0 saturated carbocycles. The van der Waals surface area contributed by atoms with Gasteiger partial charge in [-0.2, -0.15) is 0 Å². The fourth-order valence-electron chi connectivity index (χ4n) is 1.93. The summed E-state index contributed by atoms with van der Waals surface area (Å²) in [6.45, 7) is 4.00. The first kappa shape index (κ1) is 10.6. The molecule has 1 aliphatic rings. The van der Waals surface area contributed by atoms with Gasteiger partial charge < -0.3 is 10.1 Å². The zero-order chi connectivity index (χ0) is 10.5. The van der Waals surface area contributed by atoms with Gasteiger partial charge in [-0.3, -0.25) is 4.98 Å². The Bertz CT molecular complexity index is 289. The summed E-state index contributed by atoms with van der Waals surface area (Å²) in [7, 11) is 0. The number of nitrogens with one attached hydrogen (secondary N) is 1. The summed E-state index contributed by atoms with van der Waals surface area (Å²) >= 11 is 0. The Labute approximate surface area is 90.9 Å². The van der Waals surface area contributed by atoms with E-state index in [-0.39, 0.29) is 0 Å². The van der Waals surface area contributed by atoms with Gasteiger partial charge in [0.15, 0.2) is 0 Å². The van der Waals surface area contributed by atoms with Crippen LogP contribution in [0, 0.1) is 0 Å². The Hall–Kier alpha value is -0.930. The van der Waals surface area contributed by atoms with Crippen LogP contribution in [0.4, 0.5) is 0 Å². The maximum atomic E-state index is 5.49. The molecule has 0 aliphatic carbocycles. The Morgan fingerprint density at radius 3 is 3.13 bits per heavy atom. The van der Waals surface area contributed by atoms with Gasteiger partial charge in [0, 0.05) is 37.5 Å². The van der Waals surface area contributed by atoms with Crippen molar-refractivity contribution in [2.24, 2.45) is 0 Å². The van der Waals surface area contributed by atoms with Crippen LogP contribution in [0.15, 0.2) is 24.4 Å². The predicted molar refractivity (Wildman–Crippen MR) is 59.8 cm³/mol. The molecule has 15 heavy (non-hydrogen) atoms. The fraction of sp³-hybridized carbons (Fsp3) is 0.583. The first-order valence-corrected chi connectivity index (χ1v) is 5.61. The topological polar surface area (TPSA) is 34.1 Å². The second kappa shape index (κ2) is 5.24. The van der Waals surface area contributed by atoms with Gasteiger partial charge >= 0.3 is 0 Å². The molecule has 2 unspecified atom stereocenters. The van der Waals surface area contributed by atoms with E-state index in [9.17, 15) is 0 Å². The lowest BCUT2D eigenvalue weighted by Crippen LogP contribution is -2.36. The number of pyridine rings is 1. The van der Waals surface area contributed by atoms with Crippen molar-refractivity contribution in [2.45, 2.75) is 31.9 Å². The SMILES string of the molecule is CC1OCCC1NCCc1ccccn1. The van der Waals surface area contributed by atoms with E-state index in [0.29, 0.717) is 12.1 Å². The minimum Gasteiger partial charge on any atom is -0.377 e. The molecule has 1 aliphatic heterocycles. The normalized spacial score (nSPS) is 25.7. The van der Waals surface area contributed by atoms with Crippen molar-refractivity contribution in [2.75, 3.05) is 13.2 Å². The maximum absolute atomic E-state index is 5.49. The summed E-state index contributed by atoms with van der Waals surface area (Å²) in [5.41, 5.74) is 1.15. The molecule has 1 aromatic rings. The van der Waals surface area contributed by atoms with Gasteiger partial charge in [0.2, 0.25) is 0 Å². The van der Waals surface area contributed by atoms with Gasteiger partial charge in [-0.25, -0.2) is 0 Å². The molecule has 1 saturated heterocycles. The van der Waals surface area contributed by atoms with Crippen LogP contribution < -0.4 is 5.32 Å². The van der Waals surface area contributed by atoms with E-state index in [1.807, 2.05) is 18.3 Å². The highest BCUT2D eigenvalue weighted by atomic mass is 16.5. The molecular weight excluding hydrogens is 188 g/mol. The monoisotopic (exact) mass is 206 g/mol. The highest BCUT2D eigenvalue weighted by Crippen LogP contribution is 2.12. The summed E-state index contributed by atoms with van der Waals surface area (Å²) in [4.78, 5) is 4.29. The van der Waals surface area contributed by atoms with Crippen molar-refractivity contribution in [3.8, 4) is 0 Å². The van der Waals surface area contributed by atoms with E-state index in [4.69, 9.17) is 4.74 Å². The summed E-state index contributed by atoms with van der Waals surface area (Å²) < 4.78 is 5.49. The van der Waals surface area contributed by atoms with Crippen LogP contribution in [0.2, 0.25) is 0 Å². The van der Waals surface area contributed by atoms with Crippen LogP contribution in [-0.2, 0) is 11.2 Å². The number of hydrogen-bond donors (Lipinski definition) is 1. The molecule has 0 spiro atoms. The van der Waals surface area contributed by atoms with E-state index < -0.39 is 0 Å². The largest absolute Gasteiger partial charge is 0.377 e. The van der Waals surface area contributed by atoms with Crippen LogP contribution in [0.5, 0.6) is 0 Å². The number of nitrogens with zero attached hydrogens (tertiary/aromatic N) is 1. The minimum atomic E-state index is 0.355. The average molecular weight is 206 g/mol. The number of aromatic nitrogens is 1. The zero-order valence-electron chi connectivity index (χ0n) is 9.15. The molecule has 2 rings (SSSR count). The van der Waals surface area contributed by atoms with Crippen LogP contribution in [0.3, 0.4) is 0 Å². The number of ether oxygens (including phenoxy) is 1. The van der Waals surface area contributed by atoms with Gasteiger partial charge in [0.1, 0.15) is 0 Å². The van der Waals surface area contributed by atoms with Crippen LogP contribution in [0.25, 0.3) is 0 Å². The highest BCUT2D eigenvalue weighted by Gasteiger charge is 2.22. The smallest absolute Gasteiger partial charge is 0.0700 e. The van der Waals surface area contributed by atoms with Crippen molar-refractivity contribution in [3.63, 3.8) is 0 Å². The van der Waals surface area contributed by atoms with E-state index in [0.717, 1.165) is 31.7 Å². The third-order valence-electron chi connectivity index (χ3n) is 2.89. The summed E-state index contributed by atoms with van der Waals surface area (Å²) in [6, 6.07) is 6.57. The van der Waals surface area contributed by atoms with Crippen LogP contribution in [-0.4, -0.2) is 30.3 Å². The van der Waals surface area contributed by atoms with E-state index in [1.165, 1.54) is 0 Å². The molecule has 0 amide bonds. The molecule has 1 N–H and O–H groups in total. The Morgan fingerprint density at radius 1 is 1.53 bits per heavy atom. The van der Waals surface area contributed by atoms with Gasteiger partial charge in [0.05, 0.1) is 6.10 Å². The molecule has 2 heterocycles.